The van der Waals surface area contributed by atoms with E-state index in [1.54, 1.807) is 18.6 Å². The highest BCUT2D eigenvalue weighted by atomic mass is 31.1. The molecule has 0 aliphatic rings. The maximum absolute atomic E-state index is 7.77. The van der Waals surface area contributed by atoms with Crippen molar-refractivity contribution < 1.29 is 0 Å². The van der Waals surface area contributed by atoms with E-state index in [2.05, 4.69) is 39.7 Å². The maximum Gasteiger partial charge on any atom is 0.187 e. The molecule has 0 fully saturated rings. The fourth-order valence-corrected chi connectivity index (χ4v) is 3.55. The predicted molar refractivity (Wildman–Crippen MR) is 131 cm³/mol. The molecule has 0 amide bonds. The van der Waals surface area contributed by atoms with Crippen LogP contribution in [0.15, 0.2) is 48.9 Å². The SMILES string of the molecule is CP(C)CN/C=C(\C=N)c1cnc(N)c(N(N)C(C)(C)c2ccc3ncccc3c2)n1. The average Bonchev–Trinajstić information content (AvgIpc) is 2.76. The highest BCUT2D eigenvalue weighted by Crippen LogP contribution is 2.33. The summed E-state index contributed by atoms with van der Waals surface area (Å²) < 4.78 is 0. The van der Waals surface area contributed by atoms with E-state index < -0.39 is 5.54 Å². The van der Waals surface area contributed by atoms with E-state index >= 15 is 0 Å². The van der Waals surface area contributed by atoms with Gasteiger partial charge in [0.25, 0.3) is 0 Å². The predicted octanol–water partition coefficient (Wildman–Crippen LogP) is 3.50. The second-order valence-corrected chi connectivity index (χ2v) is 10.5. The van der Waals surface area contributed by atoms with Gasteiger partial charge >= 0.3 is 0 Å². The Morgan fingerprint density at radius 3 is 2.74 bits per heavy atom. The number of nitrogen functional groups attached to an aromatic ring is 1. The van der Waals surface area contributed by atoms with Crippen LogP contribution in [-0.4, -0.2) is 40.8 Å². The normalized spacial score (nSPS) is 12.3. The van der Waals surface area contributed by atoms with Crippen LogP contribution in [0.3, 0.4) is 0 Å². The zero-order chi connectivity index (χ0) is 22.6. The topological polar surface area (TPSA) is 130 Å². The van der Waals surface area contributed by atoms with E-state index in [1.807, 2.05) is 38.1 Å². The number of rotatable bonds is 8. The molecule has 0 aliphatic carbocycles. The van der Waals surface area contributed by atoms with Gasteiger partial charge in [-0.2, -0.15) is 0 Å². The number of nitrogens with zero attached hydrogens (tertiary/aromatic N) is 4. The van der Waals surface area contributed by atoms with E-state index in [1.165, 1.54) is 11.2 Å². The molecule has 1 aromatic carbocycles. The number of hydrogen-bond donors (Lipinski definition) is 4. The van der Waals surface area contributed by atoms with Crippen molar-refractivity contribution in [1.82, 2.24) is 20.3 Å². The summed E-state index contributed by atoms with van der Waals surface area (Å²) in [5, 5.41) is 13.6. The van der Waals surface area contributed by atoms with Crippen molar-refractivity contribution >= 4 is 42.2 Å². The van der Waals surface area contributed by atoms with E-state index in [-0.39, 0.29) is 13.7 Å². The summed E-state index contributed by atoms with van der Waals surface area (Å²) in [5.74, 6) is 7.13. The Kier molecular flexibility index (Phi) is 6.83. The fourth-order valence-electron chi connectivity index (χ4n) is 3.09. The molecule has 0 saturated heterocycles. The molecule has 2 aromatic heterocycles. The molecule has 3 aromatic rings. The Balaban J connectivity index is 1.96. The summed E-state index contributed by atoms with van der Waals surface area (Å²) in [6.07, 6.45) is 7.21. The van der Waals surface area contributed by atoms with Crippen LogP contribution in [0.5, 0.6) is 0 Å². The van der Waals surface area contributed by atoms with Gasteiger partial charge in [-0.05, 0) is 50.9 Å². The second kappa shape index (κ2) is 9.37. The molecule has 0 saturated carbocycles. The number of benzene rings is 1. The summed E-state index contributed by atoms with van der Waals surface area (Å²) in [5.41, 5.74) is 8.56. The smallest absolute Gasteiger partial charge is 0.187 e. The van der Waals surface area contributed by atoms with E-state index in [0.717, 1.165) is 22.8 Å². The number of anilines is 2. The molecule has 0 bridgehead atoms. The molecule has 0 radical (unpaired) electrons. The van der Waals surface area contributed by atoms with Crippen LogP contribution in [0.1, 0.15) is 25.1 Å². The van der Waals surface area contributed by atoms with Gasteiger partial charge in [0, 0.05) is 35.9 Å². The molecule has 6 N–H and O–H groups in total. The van der Waals surface area contributed by atoms with Crippen molar-refractivity contribution in [1.29, 1.82) is 5.41 Å². The number of nitrogens with one attached hydrogen (secondary N) is 2. The van der Waals surface area contributed by atoms with Crippen LogP contribution in [-0.2, 0) is 5.54 Å². The number of allylic oxidation sites excluding steroid dienone is 1. The van der Waals surface area contributed by atoms with Crippen LogP contribution in [0, 0.1) is 5.41 Å². The van der Waals surface area contributed by atoms with Gasteiger partial charge in [-0.1, -0.05) is 20.1 Å². The third-order valence-electron chi connectivity index (χ3n) is 5.04. The van der Waals surface area contributed by atoms with Gasteiger partial charge in [-0.25, -0.2) is 15.8 Å². The molecule has 9 heteroatoms. The minimum absolute atomic E-state index is 0.100. The quantitative estimate of drug-likeness (QED) is 0.184. The molecule has 0 aliphatic heterocycles. The Morgan fingerprint density at radius 2 is 2.03 bits per heavy atom. The standard InChI is InChI=1S/C22H29N8P/c1-22(2,17-7-8-18-15(10-17)6-5-9-27-18)30(25)21-20(24)28-13-19(29-21)16(11-23)12-26-14-31(3)4/h5-13,23,26H,14,25H2,1-4H3,(H2,24,28)/b16-12+,23-11?. The van der Waals surface area contributed by atoms with Crippen molar-refractivity contribution in [3.63, 3.8) is 0 Å². The van der Waals surface area contributed by atoms with Crippen molar-refractivity contribution in [2.45, 2.75) is 19.4 Å². The fraction of sp³-hybridized carbons (Fsp3) is 0.273. The lowest BCUT2D eigenvalue weighted by Gasteiger charge is -2.36. The van der Waals surface area contributed by atoms with Gasteiger partial charge < -0.3 is 16.5 Å². The van der Waals surface area contributed by atoms with Gasteiger partial charge in [0.05, 0.1) is 22.9 Å². The van der Waals surface area contributed by atoms with Crippen molar-refractivity contribution in [2.75, 3.05) is 30.4 Å². The Morgan fingerprint density at radius 1 is 1.26 bits per heavy atom. The van der Waals surface area contributed by atoms with Crippen LogP contribution in [0.25, 0.3) is 16.5 Å². The largest absolute Gasteiger partial charge is 0.386 e. The second-order valence-electron chi connectivity index (χ2n) is 7.99. The molecule has 31 heavy (non-hydrogen) atoms. The Bertz CT molecular complexity index is 1110. The number of hydrogen-bond acceptors (Lipinski definition) is 8. The lowest BCUT2D eigenvalue weighted by molar-refractivity contribution is 0.486. The number of pyridine rings is 1. The first-order valence-corrected chi connectivity index (χ1v) is 12.3. The van der Waals surface area contributed by atoms with Gasteiger partial charge in [0.1, 0.15) is 0 Å². The summed E-state index contributed by atoms with van der Waals surface area (Å²) in [7, 11) is -0.100. The third kappa shape index (κ3) is 4.98. The van der Waals surface area contributed by atoms with Crippen LogP contribution >= 0.6 is 7.92 Å². The summed E-state index contributed by atoms with van der Waals surface area (Å²) >= 11 is 0. The zero-order valence-electron chi connectivity index (χ0n) is 18.3. The molecule has 8 nitrogen and oxygen atoms in total. The van der Waals surface area contributed by atoms with Crippen molar-refractivity contribution in [3.05, 3.63) is 60.2 Å². The number of fused-ring (bicyclic) bond motifs is 1. The maximum atomic E-state index is 7.77. The molecular weight excluding hydrogens is 407 g/mol. The van der Waals surface area contributed by atoms with Gasteiger partial charge in [0.15, 0.2) is 11.6 Å². The van der Waals surface area contributed by atoms with E-state index in [9.17, 15) is 0 Å². The summed E-state index contributed by atoms with van der Waals surface area (Å²) in [4.78, 5) is 13.3. The van der Waals surface area contributed by atoms with E-state index in [4.69, 9.17) is 17.0 Å². The van der Waals surface area contributed by atoms with Crippen LogP contribution in [0.2, 0.25) is 0 Å². The highest BCUT2D eigenvalue weighted by molar-refractivity contribution is 7.55. The Labute approximate surface area is 184 Å². The molecule has 0 atom stereocenters. The molecule has 3 rings (SSSR count). The Hall–Kier alpha value is -3.09. The van der Waals surface area contributed by atoms with Crippen molar-refractivity contribution in [3.8, 4) is 0 Å². The van der Waals surface area contributed by atoms with E-state index in [0.29, 0.717) is 17.1 Å². The van der Waals surface area contributed by atoms with Crippen LogP contribution in [0.4, 0.5) is 11.6 Å². The number of hydrazine groups is 1. The monoisotopic (exact) mass is 436 g/mol. The summed E-state index contributed by atoms with van der Waals surface area (Å²) in [6.45, 7) is 8.35. The van der Waals surface area contributed by atoms with Crippen molar-refractivity contribution in [2.24, 2.45) is 5.84 Å². The summed E-state index contributed by atoms with van der Waals surface area (Å²) in [6, 6.07) is 9.97. The van der Waals surface area contributed by atoms with Gasteiger partial charge in [-0.15, -0.1) is 0 Å². The number of nitrogens with two attached hydrogens (primary N) is 2. The first-order chi connectivity index (χ1) is 14.7. The third-order valence-corrected chi connectivity index (χ3v) is 5.85. The lowest BCUT2D eigenvalue weighted by atomic mass is 9.92. The molecular formula is C22H29N8P. The van der Waals surface area contributed by atoms with Crippen LogP contribution < -0.4 is 21.9 Å². The zero-order valence-corrected chi connectivity index (χ0v) is 19.2. The molecule has 0 unspecified atom stereocenters. The lowest BCUT2D eigenvalue weighted by Crippen LogP contribution is -2.48. The minimum atomic E-state index is -0.626. The first-order valence-electron chi connectivity index (χ1n) is 9.86. The van der Waals surface area contributed by atoms with Gasteiger partial charge in [-0.3, -0.25) is 9.99 Å². The minimum Gasteiger partial charge on any atom is -0.386 e. The highest BCUT2D eigenvalue weighted by Gasteiger charge is 2.30. The molecule has 162 valence electrons. The molecule has 0 spiro atoms. The average molecular weight is 437 g/mol. The first kappa shape index (κ1) is 22.6. The number of aromatic nitrogens is 3. The van der Waals surface area contributed by atoms with Gasteiger partial charge in [0.2, 0.25) is 0 Å². The molecule has 2 heterocycles.